The van der Waals surface area contributed by atoms with Gasteiger partial charge in [-0.15, -0.1) is 0 Å². The molecule has 18 heavy (non-hydrogen) atoms. The summed E-state index contributed by atoms with van der Waals surface area (Å²) in [5, 5.41) is 0. The summed E-state index contributed by atoms with van der Waals surface area (Å²) >= 11 is 0. The first-order valence-electron chi connectivity index (χ1n) is 5.87. The second-order valence-electron chi connectivity index (χ2n) is 4.44. The van der Waals surface area contributed by atoms with Crippen molar-refractivity contribution >= 4 is 17.0 Å². The zero-order valence-electron chi connectivity index (χ0n) is 9.70. The number of hydrogen-bond acceptors (Lipinski definition) is 3. The minimum atomic E-state index is -0.678. The Kier molecular flexibility index (Phi) is 2.66. The number of anilines is 1. The van der Waals surface area contributed by atoms with Crippen molar-refractivity contribution in [2.24, 2.45) is 0 Å². The summed E-state index contributed by atoms with van der Waals surface area (Å²) in [7, 11) is 0. The Hall–Kier alpha value is -1.69. The summed E-state index contributed by atoms with van der Waals surface area (Å²) in [4.78, 5) is 3.99. The average molecular weight is 253 g/mol. The lowest BCUT2D eigenvalue weighted by molar-refractivity contribution is 0.0711. The zero-order valence-corrected chi connectivity index (χ0v) is 9.70. The number of hydrogen-bond donors (Lipinski definition) is 1. The molecule has 1 aliphatic heterocycles. The molecule has 0 atom stereocenters. The summed E-state index contributed by atoms with van der Waals surface area (Å²) in [5.41, 5.74) is 6.36. The summed E-state index contributed by atoms with van der Waals surface area (Å²) in [6.45, 7) is 1.25. The van der Waals surface area contributed by atoms with Crippen LogP contribution in [0.15, 0.2) is 12.1 Å². The van der Waals surface area contributed by atoms with E-state index >= 15 is 0 Å². The summed E-state index contributed by atoms with van der Waals surface area (Å²) in [6.07, 6.45) is 1.54. The van der Waals surface area contributed by atoms with Crippen molar-refractivity contribution in [2.75, 3.05) is 18.9 Å². The fourth-order valence-corrected chi connectivity index (χ4v) is 2.47. The van der Waals surface area contributed by atoms with Gasteiger partial charge in [0.25, 0.3) is 0 Å². The van der Waals surface area contributed by atoms with E-state index in [9.17, 15) is 8.78 Å². The fraction of sp³-hybridized carbons (Fsp3) is 0.417. The highest BCUT2D eigenvalue weighted by molar-refractivity contribution is 5.79. The van der Waals surface area contributed by atoms with Gasteiger partial charge in [0.1, 0.15) is 11.3 Å². The molecule has 2 aromatic rings. The second-order valence-corrected chi connectivity index (χ2v) is 4.44. The van der Waals surface area contributed by atoms with Crippen LogP contribution in [0.2, 0.25) is 0 Å². The normalized spacial score (nSPS) is 17.4. The SMILES string of the molecule is Nc1nc2c(F)cc(F)cc2n1C1CCOCC1. The smallest absolute Gasteiger partial charge is 0.201 e. The van der Waals surface area contributed by atoms with Crippen LogP contribution in [0.5, 0.6) is 0 Å². The zero-order chi connectivity index (χ0) is 12.7. The van der Waals surface area contributed by atoms with Crippen molar-refractivity contribution in [3.05, 3.63) is 23.8 Å². The van der Waals surface area contributed by atoms with Crippen LogP contribution in [0, 0.1) is 11.6 Å². The van der Waals surface area contributed by atoms with Crippen molar-refractivity contribution in [2.45, 2.75) is 18.9 Å². The maximum absolute atomic E-state index is 13.6. The molecule has 4 nitrogen and oxygen atoms in total. The first-order chi connectivity index (χ1) is 8.66. The molecule has 1 aliphatic rings. The van der Waals surface area contributed by atoms with Crippen molar-refractivity contribution < 1.29 is 13.5 Å². The number of nitrogen functional groups attached to an aromatic ring is 1. The first kappa shape index (κ1) is 11.4. The van der Waals surface area contributed by atoms with E-state index in [-0.39, 0.29) is 17.5 Å². The minimum Gasteiger partial charge on any atom is -0.381 e. The van der Waals surface area contributed by atoms with E-state index in [0.29, 0.717) is 18.7 Å². The van der Waals surface area contributed by atoms with Gasteiger partial charge in [0.2, 0.25) is 5.95 Å². The number of nitrogens with zero attached hydrogens (tertiary/aromatic N) is 2. The largest absolute Gasteiger partial charge is 0.381 e. The predicted octanol–water partition coefficient (Wildman–Crippen LogP) is 2.25. The van der Waals surface area contributed by atoms with Gasteiger partial charge in [-0.3, -0.25) is 0 Å². The molecule has 6 heteroatoms. The maximum Gasteiger partial charge on any atom is 0.201 e. The summed E-state index contributed by atoms with van der Waals surface area (Å²) in [6, 6.07) is 2.19. The van der Waals surface area contributed by atoms with Crippen molar-refractivity contribution in [3.63, 3.8) is 0 Å². The Labute approximate surface area is 102 Å². The van der Waals surface area contributed by atoms with Crippen LogP contribution in [0.4, 0.5) is 14.7 Å². The summed E-state index contributed by atoms with van der Waals surface area (Å²) in [5.74, 6) is -1.07. The van der Waals surface area contributed by atoms with Crippen LogP contribution >= 0.6 is 0 Å². The van der Waals surface area contributed by atoms with Gasteiger partial charge >= 0.3 is 0 Å². The Morgan fingerprint density at radius 2 is 2.00 bits per heavy atom. The molecule has 0 unspecified atom stereocenters. The summed E-state index contributed by atoms with van der Waals surface area (Å²) < 4.78 is 33.9. The molecule has 2 heterocycles. The maximum atomic E-state index is 13.6. The van der Waals surface area contributed by atoms with Gasteiger partial charge in [-0.25, -0.2) is 13.8 Å². The first-order valence-corrected chi connectivity index (χ1v) is 5.87. The standard InChI is InChI=1S/C12H13F2N3O/c13-7-5-9(14)11-10(6-7)17(12(15)16-11)8-1-3-18-4-2-8/h5-6,8H,1-4H2,(H2,15,16). The lowest BCUT2D eigenvalue weighted by Gasteiger charge is -2.24. The number of ether oxygens (including phenoxy) is 1. The van der Waals surface area contributed by atoms with Gasteiger partial charge < -0.3 is 15.0 Å². The third kappa shape index (κ3) is 1.73. The van der Waals surface area contributed by atoms with Gasteiger partial charge in [-0.1, -0.05) is 0 Å². The molecule has 0 saturated carbocycles. The molecule has 3 rings (SSSR count). The molecule has 0 aliphatic carbocycles. The Morgan fingerprint density at radius 3 is 2.72 bits per heavy atom. The van der Waals surface area contributed by atoms with Crippen LogP contribution in [-0.4, -0.2) is 22.8 Å². The lowest BCUT2D eigenvalue weighted by Crippen LogP contribution is -2.20. The highest BCUT2D eigenvalue weighted by Gasteiger charge is 2.22. The van der Waals surface area contributed by atoms with E-state index in [1.165, 1.54) is 6.07 Å². The average Bonchev–Trinajstić information content (AvgIpc) is 2.67. The number of fused-ring (bicyclic) bond motifs is 1. The van der Waals surface area contributed by atoms with E-state index in [4.69, 9.17) is 10.5 Å². The number of rotatable bonds is 1. The van der Waals surface area contributed by atoms with Gasteiger partial charge in [0.05, 0.1) is 5.52 Å². The van der Waals surface area contributed by atoms with Crippen LogP contribution in [0.1, 0.15) is 18.9 Å². The molecule has 2 N–H and O–H groups in total. The van der Waals surface area contributed by atoms with Crippen LogP contribution in [0.25, 0.3) is 11.0 Å². The predicted molar refractivity (Wildman–Crippen MR) is 63.2 cm³/mol. The number of halogens is 2. The number of imidazole rings is 1. The number of benzene rings is 1. The molecule has 0 spiro atoms. The quantitative estimate of drug-likeness (QED) is 0.848. The molecule has 96 valence electrons. The third-order valence-electron chi connectivity index (χ3n) is 3.30. The Bertz CT molecular complexity index is 591. The molecular formula is C12H13F2N3O. The third-order valence-corrected chi connectivity index (χ3v) is 3.30. The van der Waals surface area contributed by atoms with E-state index in [0.717, 1.165) is 18.9 Å². The Morgan fingerprint density at radius 1 is 1.28 bits per heavy atom. The highest BCUT2D eigenvalue weighted by atomic mass is 19.1. The molecule has 1 saturated heterocycles. The van der Waals surface area contributed by atoms with Crippen LogP contribution < -0.4 is 5.73 Å². The Balaban J connectivity index is 2.18. The van der Waals surface area contributed by atoms with Crippen LogP contribution in [0.3, 0.4) is 0 Å². The van der Waals surface area contributed by atoms with E-state index in [2.05, 4.69) is 4.98 Å². The van der Waals surface area contributed by atoms with Crippen molar-refractivity contribution in [3.8, 4) is 0 Å². The minimum absolute atomic E-state index is 0.0879. The number of nitrogens with two attached hydrogens (primary N) is 1. The molecule has 1 aromatic heterocycles. The van der Waals surface area contributed by atoms with Crippen LogP contribution in [-0.2, 0) is 4.74 Å². The molecular weight excluding hydrogens is 240 g/mol. The molecule has 0 bridgehead atoms. The molecule has 1 fully saturated rings. The van der Waals surface area contributed by atoms with Crippen molar-refractivity contribution in [1.82, 2.24) is 9.55 Å². The van der Waals surface area contributed by atoms with Gasteiger partial charge in [0, 0.05) is 31.4 Å². The lowest BCUT2D eigenvalue weighted by atomic mass is 10.1. The molecule has 0 radical (unpaired) electrons. The van der Waals surface area contributed by atoms with E-state index < -0.39 is 11.6 Å². The molecule has 0 amide bonds. The van der Waals surface area contributed by atoms with E-state index in [1.807, 2.05) is 0 Å². The topological polar surface area (TPSA) is 53.1 Å². The fourth-order valence-electron chi connectivity index (χ4n) is 2.47. The van der Waals surface area contributed by atoms with Gasteiger partial charge in [-0.2, -0.15) is 0 Å². The highest BCUT2D eigenvalue weighted by Crippen LogP contribution is 2.30. The number of aromatic nitrogens is 2. The van der Waals surface area contributed by atoms with Gasteiger partial charge in [0.15, 0.2) is 5.82 Å². The van der Waals surface area contributed by atoms with Gasteiger partial charge in [-0.05, 0) is 12.8 Å². The second kappa shape index (κ2) is 4.20. The molecule has 1 aromatic carbocycles. The van der Waals surface area contributed by atoms with Crippen molar-refractivity contribution in [1.29, 1.82) is 0 Å². The monoisotopic (exact) mass is 253 g/mol. The van der Waals surface area contributed by atoms with E-state index in [1.54, 1.807) is 4.57 Å².